The van der Waals surface area contributed by atoms with E-state index in [1.807, 2.05) is 0 Å². The Bertz CT molecular complexity index is 550. The van der Waals surface area contributed by atoms with E-state index in [0.29, 0.717) is 6.42 Å². The molecule has 0 atom stereocenters. The highest BCUT2D eigenvalue weighted by molar-refractivity contribution is 5.98. The van der Waals surface area contributed by atoms with Gasteiger partial charge in [0.05, 0.1) is 9.85 Å². The van der Waals surface area contributed by atoms with Gasteiger partial charge in [0.25, 0.3) is 5.75 Å². The van der Waals surface area contributed by atoms with E-state index >= 15 is 0 Å². The molecule has 0 spiro atoms. The van der Waals surface area contributed by atoms with E-state index in [4.69, 9.17) is 0 Å². The quantitative estimate of drug-likeness (QED) is 0.320. The maximum atomic E-state index is 12.0. The second-order valence-electron chi connectivity index (χ2n) is 4.96. The summed E-state index contributed by atoms with van der Waals surface area (Å²) in [6.07, 6.45) is 4.81. The van der Waals surface area contributed by atoms with Crippen molar-refractivity contribution in [2.75, 3.05) is 0 Å². The number of hydrogen-bond acceptors (Lipinski definition) is 6. The van der Waals surface area contributed by atoms with Crippen molar-refractivity contribution in [1.29, 1.82) is 0 Å². The number of unbranched alkanes of at least 4 members (excludes halogenated alkanes) is 4. The Morgan fingerprint density at radius 3 is 2.00 bits per heavy atom. The number of nitro benzene ring substituents is 2. The van der Waals surface area contributed by atoms with Gasteiger partial charge in [0.2, 0.25) is 0 Å². The first-order chi connectivity index (χ1) is 10.4. The molecule has 0 unspecified atom stereocenters. The molecule has 0 aliphatic heterocycles. The van der Waals surface area contributed by atoms with Gasteiger partial charge in [0.1, 0.15) is 0 Å². The predicted octanol–water partition coefficient (Wildman–Crippen LogP) is 3.75. The highest BCUT2D eigenvalue weighted by Gasteiger charge is 2.27. The van der Waals surface area contributed by atoms with E-state index in [9.17, 15) is 30.1 Å². The molecule has 0 amide bonds. The van der Waals surface area contributed by atoms with Crippen LogP contribution in [0.25, 0.3) is 0 Å². The zero-order chi connectivity index (χ0) is 16.7. The summed E-state index contributed by atoms with van der Waals surface area (Å²) in [5.41, 5.74) is -1.78. The molecule has 0 aliphatic carbocycles. The number of ketones is 1. The predicted molar refractivity (Wildman–Crippen MR) is 79.1 cm³/mol. The average Bonchev–Trinajstić information content (AvgIpc) is 2.46. The largest absolute Gasteiger partial charge is 0.497 e. The van der Waals surface area contributed by atoms with Crippen molar-refractivity contribution in [3.8, 4) is 5.75 Å². The average molecular weight is 310 g/mol. The lowest BCUT2D eigenvalue weighted by Crippen LogP contribution is -2.03. The molecule has 120 valence electrons. The third-order valence-electron chi connectivity index (χ3n) is 3.29. The zero-order valence-electron chi connectivity index (χ0n) is 12.3. The number of nitro groups is 2. The molecule has 0 saturated carbocycles. The maximum absolute atomic E-state index is 12.0. The van der Waals surface area contributed by atoms with E-state index in [0.717, 1.165) is 37.8 Å². The zero-order valence-corrected chi connectivity index (χ0v) is 12.3. The van der Waals surface area contributed by atoms with Crippen molar-refractivity contribution >= 4 is 17.2 Å². The fourth-order valence-corrected chi connectivity index (χ4v) is 2.08. The summed E-state index contributed by atoms with van der Waals surface area (Å²) < 4.78 is 0. The van der Waals surface area contributed by atoms with Crippen molar-refractivity contribution in [3.63, 3.8) is 0 Å². The van der Waals surface area contributed by atoms with E-state index in [-0.39, 0.29) is 12.0 Å². The van der Waals surface area contributed by atoms with Crippen molar-refractivity contribution in [1.82, 2.24) is 0 Å². The summed E-state index contributed by atoms with van der Waals surface area (Å²) in [6, 6.07) is 1.77. The smallest absolute Gasteiger partial charge is 0.318 e. The van der Waals surface area contributed by atoms with Crippen molar-refractivity contribution < 1.29 is 19.7 Å². The van der Waals surface area contributed by atoms with Gasteiger partial charge in [0, 0.05) is 24.1 Å². The minimum absolute atomic E-state index is 0.119. The van der Waals surface area contributed by atoms with Crippen LogP contribution < -0.4 is 0 Å². The SMILES string of the molecule is CCCCCCCC(=O)c1cc([N+](=O)[O-])c(O)c([N+](=O)[O-])c1. The number of carbonyl (C=O) groups is 1. The molecule has 0 saturated heterocycles. The number of carbonyl (C=O) groups excluding carboxylic acids is 1. The van der Waals surface area contributed by atoms with Crippen LogP contribution in [-0.4, -0.2) is 20.7 Å². The van der Waals surface area contributed by atoms with Crippen molar-refractivity contribution in [2.24, 2.45) is 0 Å². The van der Waals surface area contributed by atoms with E-state index in [1.165, 1.54) is 0 Å². The summed E-state index contributed by atoms with van der Waals surface area (Å²) in [4.78, 5) is 31.8. The number of rotatable bonds is 9. The van der Waals surface area contributed by atoms with Crippen LogP contribution in [0.3, 0.4) is 0 Å². The summed E-state index contributed by atoms with van der Waals surface area (Å²) in [5, 5.41) is 31.1. The normalized spacial score (nSPS) is 10.4. The summed E-state index contributed by atoms with van der Waals surface area (Å²) in [6.45, 7) is 2.07. The third-order valence-corrected chi connectivity index (χ3v) is 3.29. The van der Waals surface area contributed by atoms with E-state index in [1.54, 1.807) is 0 Å². The molecule has 22 heavy (non-hydrogen) atoms. The van der Waals surface area contributed by atoms with Crippen LogP contribution in [0.1, 0.15) is 55.8 Å². The second-order valence-corrected chi connectivity index (χ2v) is 4.96. The third kappa shape index (κ3) is 4.51. The summed E-state index contributed by atoms with van der Waals surface area (Å²) in [7, 11) is 0. The number of aromatic hydroxyl groups is 1. The fourth-order valence-electron chi connectivity index (χ4n) is 2.08. The molecular formula is C14H18N2O6. The van der Waals surface area contributed by atoms with Crippen molar-refractivity contribution in [2.45, 2.75) is 45.4 Å². The van der Waals surface area contributed by atoms with Gasteiger partial charge in [-0.15, -0.1) is 0 Å². The molecule has 0 aliphatic rings. The maximum Gasteiger partial charge on any atom is 0.318 e. The molecule has 0 bridgehead atoms. The number of hydrogen-bond donors (Lipinski definition) is 1. The van der Waals surface area contributed by atoms with Crippen LogP contribution in [-0.2, 0) is 0 Å². The van der Waals surface area contributed by atoms with Gasteiger partial charge in [-0.2, -0.15) is 0 Å². The first-order valence-corrected chi connectivity index (χ1v) is 7.07. The molecule has 0 heterocycles. The van der Waals surface area contributed by atoms with E-state index < -0.39 is 32.8 Å². The fraction of sp³-hybridized carbons (Fsp3) is 0.500. The standard InChI is InChI=1S/C14H18N2O6/c1-2-3-4-5-6-7-13(17)10-8-11(15(19)20)14(18)12(9-10)16(21)22/h8-9,18H,2-7H2,1H3. The van der Waals surface area contributed by atoms with E-state index in [2.05, 4.69) is 6.92 Å². The lowest BCUT2D eigenvalue weighted by atomic mass is 10.0. The number of Topliss-reactive ketones (excluding diaryl/α,β-unsaturated/α-hetero) is 1. The molecular weight excluding hydrogens is 292 g/mol. The van der Waals surface area contributed by atoms with Gasteiger partial charge in [-0.25, -0.2) is 0 Å². The Hall–Kier alpha value is -2.51. The monoisotopic (exact) mass is 310 g/mol. The van der Waals surface area contributed by atoms with Crippen LogP contribution in [0.4, 0.5) is 11.4 Å². The van der Waals surface area contributed by atoms with Gasteiger partial charge in [0.15, 0.2) is 5.78 Å². The first-order valence-electron chi connectivity index (χ1n) is 7.07. The number of benzene rings is 1. The van der Waals surface area contributed by atoms with Gasteiger partial charge >= 0.3 is 11.4 Å². The van der Waals surface area contributed by atoms with Crippen LogP contribution in [0, 0.1) is 20.2 Å². The van der Waals surface area contributed by atoms with Gasteiger partial charge in [-0.1, -0.05) is 32.6 Å². The Balaban J connectivity index is 2.92. The molecule has 0 aromatic heterocycles. The first kappa shape index (κ1) is 17.5. The molecule has 1 N–H and O–H groups in total. The van der Waals surface area contributed by atoms with Gasteiger partial charge < -0.3 is 5.11 Å². The molecule has 1 rings (SSSR count). The lowest BCUT2D eigenvalue weighted by molar-refractivity contribution is -0.396. The number of nitrogens with zero attached hydrogens (tertiary/aromatic N) is 2. The highest BCUT2D eigenvalue weighted by atomic mass is 16.6. The molecule has 1 aromatic rings. The lowest BCUT2D eigenvalue weighted by Gasteiger charge is -2.04. The molecule has 0 fully saturated rings. The molecule has 1 aromatic carbocycles. The number of phenols is 1. The Kier molecular flexibility index (Phi) is 6.43. The summed E-state index contributed by atoms with van der Waals surface area (Å²) in [5.74, 6) is -1.43. The van der Waals surface area contributed by atoms with Gasteiger partial charge in [-0.3, -0.25) is 25.0 Å². The molecule has 8 nitrogen and oxygen atoms in total. The topological polar surface area (TPSA) is 124 Å². The minimum atomic E-state index is -1.03. The Morgan fingerprint density at radius 1 is 1.05 bits per heavy atom. The van der Waals surface area contributed by atoms with Crippen LogP contribution in [0.5, 0.6) is 5.75 Å². The highest BCUT2D eigenvalue weighted by Crippen LogP contribution is 2.37. The van der Waals surface area contributed by atoms with Gasteiger partial charge in [-0.05, 0) is 6.42 Å². The van der Waals surface area contributed by atoms with Crippen LogP contribution >= 0.6 is 0 Å². The van der Waals surface area contributed by atoms with Crippen LogP contribution in [0.15, 0.2) is 12.1 Å². The van der Waals surface area contributed by atoms with Crippen molar-refractivity contribution in [3.05, 3.63) is 37.9 Å². The second kappa shape index (κ2) is 8.06. The van der Waals surface area contributed by atoms with Crippen LogP contribution in [0.2, 0.25) is 0 Å². The Morgan fingerprint density at radius 2 is 1.55 bits per heavy atom. The molecule has 0 radical (unpaired) electrons. The minimum Gasteiger partial charge on any atom is -0.497 e. The summed E-state index contributed by atoms with van der Waals surface area (Å²) >= 11 is 0. The Labute approximate surface area is 127 Å². The number of phenolic OH excluding ortho intramolecular Hbond substituents is 1. The molecule has 8 heteroatoms.